The van der Waals surface area contributed by atoms with E-state index in [0.717, 1.165) is 44.7 Å². The predicted molar refractivity (Wildman–Crippen MR) is 143 cm³/mol. The number of hydrogen-bond acceptors (Lipinski definition) is 2. The van der Waals surface area contributed by atoms with Gasteiger partial charge in [-0.25, -0.2) is 0 Å². The van der Waals surface area contributed by atoms with Crippen molar-refractivity contribution in [2.75, 3.05) is 12.4 Å². The van der Waals surface area contributed by atoms with E-state index in [1.807, 2.05) is 84.9 Å². The number of halogens is 1. The molecule has 5 rings (SSSR count). The molecule has 0 fully saturated rings. The second-order valence-electron chi connectivity index (χ2n) is 8.27. The summed E-state index contributed by atoms with van der Waals surface area (Å²) in [6.07, 6.45) is 0. The summed E-state index contributed by atoms with van der Waals surface area (Å²) in [5.74, 6) is -0.134. The first kappa shape index (κ1) is 22.7. The number of para-hydroxylation sites is 3. The van der Waals surface area contributed by atoms with Crippen molar-refractivity contribution < 1.29 is 4.79 Å². The minimum Gasteiger partial charge on any atom is -0.324 e. The molecule has 6 heteroatoms. The maximum absolute atomic E-state index is 12.3. The third kappa shape index (κ3) is 4.27. The molecular formula is C29H25ClN4O. The van der Waals surface area contributed by atoms with Gasteiger partial charge in [0.2, 0.25) is 11.5 Å². The van der Waals surface area contributed by atoms with Crippen molar-refractivity contribution >= 4 is 34.2 Å². The van der Waals surface area contributed by atoms with Crippen molar-refractivity contribution in [1.82, 2.24) is 9.13 Å². The summed E-state index contributed by atoms with van der Waals surface area (Å²) >= 11 is 6.52. The molecule has 1 aromatic heterocycles. The van der Waals surface area contributed by atoms with Crippen LogP contribution in [0.25, 0.3) is 27.8 Å². The Hall–Kier alpha value is -4.09. The van der Waals surface area contributed by atoms with Crippen LogP contribution in [0.15, 0.2) is 102 Å². The molecule has 0 bridgehead atoms. The average Bonchev–Trinajstić information content (AvgIpc) is 3.19. The van der Waals surface area contributed by atoms with Crippen LogP contribution in [-0.2, 0) is 11.3 Å². The summed E-state index contributed by atoms with van der Waals surface area (Å²) < 4.78 is 4.26. The van der Waals surface area contributed by atoms with Crippen molar-refractivity contribution in [3.05, 3.63) is 113 Å². The Morgan fingerprint density at radius 1 is 0.857 bits per heavy atom. The Bertz CT molecular complexity index is 1600. The number of imidazole rings is 1. The van der Waals surface area contributed by atoms with Crippen LogP contribution in [0.5, 0.6) is 0 Å². The highest BCUT2D eigenvalue weighted by molar-refractivity contribution is 6.31. The van der Waals surface area contributed by atoms with Crippen LogP contribution in [0.4, 0.5) is 5.69 Å². The van der Waals surface area contributed by atoms with Crippen LogP contribution in [0.2, 0.25) is 5.02 Å². The Morgan fingerprint density at radius 2 is 1.54 bits per heavy atom. The van der Waals surface area contributed by atoms with E-state index in [2.05, 4.69) is 26.6 Å². The SMILES string of the molecule is CN=c1n(Cc2ccccc2Cl)c2ccccc2n1-c1cccc(-c2ccccc2)c1NC(C)=O. The molecule has 0 radical (unpaired) electrons. The molecule has 0 aliphatic heterocycles. The molecule has 0 saturated carbocycles. The first-order valence-electron chi connectivity index (χ1n) is 11.4. The molecule has 0 atom stereocenters. The van der Waals surface area contributed by atoms with Gasteiger partial charge in [-0.1, -0.05) is 84.4 Å². The zero-order valence-corrected chi connectivity index (χ0v) is 20.3. The summed E-state index contributed by atoms with van der Waals surface area (Å²) in [6, 6.07) is 32.1. The number of hydrogen-bond donors (Lipinski definition) is 1. The topological polar surface area (TPSA) is 51.3 Å². The van der Waals surface area contributed by atoms with Gasteiger partial charge < -0.3 is 9.88 Å². The van der Waals surface area contributed by atoms with E-state index in [-0.39, 0.29) is 5.91 Å². The molecule has 0 aliphatic rings. The maximum atomic E-state index is 12.3. The lowest BCUT2D eigenvalue weighted by atomic mass is 10.0. The Kier molecular flexibility index (Phi) is 6.25. The van der Waals surface area contributed by atoms with Crippen LogP contribution in [-0.4, -0.2) is 22.1 Å². The number of amides is 1. The van der Waals surface area contributed by atoms with Crippen LogP contribution in [0.1, 0.15) is 12.5 Å². The fourth-order valence-electron chi connectivity index (χ4n) is 4.52. The van der Waals surface area contributed by atoms with Gasteiger partial charge in [-0.3, -0.25) is 14.4 Å². The third-order valence-electron chi connectivity index (χ3n) is 6.01. The van der Waals surface area contributed by atoms with E-state index in [1.165, 1.54) is 6.92 Å². The number of anilines is 1. The number of benzene rings is 4. The molecule has 0 aliphatic carbocycles. The third-order valence-corrected chi connectivity index (χ3v) is 6.38. The largest absolute Gasteiger partial charge is 0.324 e. The van der Waals surface area contributed by atoms with E-state index in [1.54, 1.807) is 7.05 Å². The van der Waals surface area contributed by atoms with Crippen LogP contribution < -0.4 is 10.9 Å². The summed E-state index contributed by atoms with van der Waals surface area (Å²) in [6.45, 7) is 2.09. The van der Waals surface area contributed by atoms with Crippen LogP contribution in [0.3, 0.4) is 0 Å². The Balaban J connectivity index is 1.82. The van der Waals surface area contributed by atoms with Gasteiger partial charge in [0.1, 0.15) is 0 Å². The van der Waals surface area contributed by atoms with Gasteiger partial charge in [0, 0.05) is 24.6 Å². The Labute approximate surface area is 209 Å². The van der Waals surface area contributed by atoms with Gasteiger partial charge in [0.15, 0.2) is 0 Å². The van der Waals surface area contributed by atoms with Crippen molar-refractivity contribution in [2.24, 2.45) is 4.99 Å². The van der Waals surface area contributed by atoms with Gasteiger partial charge in [0.05, 0.1) is 29.0 Å². The lowest BCUT2D eigenvalue weighted by Gasteiger charge is -2.17. The number of carbonyl (C=O) groups is 1. The van der Waals surface area contributed by atoms with E-state index >= 15 is 0 Å². The monoisotopic (exact) mass is 480 g/mol. The molecule has 4 aromatic carbocycles. The molecule has 1 N–H and O–H groups in total. The van der Waals surface area contributed by atoms with E-state index in [9.17, 15) is 4.79 Å². The van der Waals surface area contributed by atoms with Crippen molar-refractivity contribution in [2.45, 2.75) is 13.5 Å². The number of rotatable bonds is 5. The van der Waals surface area contributed by atoms with E-state index in [0.29, 0.717) is 11.6 Å². The molecule has 1 amide bonds. The number of carbonyl (C=O) groups excluding carboxylic acids is 1. The number of aromatic nitrogens is 2. The minimum absolute atomic E-state index is 0.134. The van der Waals surface area contributed by atoms with Crippen LogP contribution in [0, 0.1) is 0 Å². The summed E-state index contributed by atoms with van der Waals surface area (Å²) in [5, 5.41) is 3.80. The lowest BCUT2D eigenvalue weighted by molar-refractivity contribution is -0.114. The first-order chi connectivity index (χ1) is 17.1. The smallest absolute Gasteiger partial charge is 0.221 e. The van der Waals surface area contributed by atoms with E-state index < -0.39 is 0 Å². The number of nitrogens with zero attached hydrogens (tertiary/aromatic N) is 3. The van der Waals surface area contributed by atoms with E-state index in [4.69, 9.17) is 16.6 Å². The fourth-order valence-corrected chi connectivity index (χ4v) is 4.72. The van der Waals surface area contributed by atoms with Gasteiger partial charge in [-0.2, -0.15) is 0 Å². The molecule has 1 heterocycles. The summed E-state index contributed by atoms with van der Waals surface area (Å²) in [7, 11) is 1.78. The molecule has 0 spiro atoms. The highest BCUT2D eigenvalue weighted by Crippen LogP contribution is 2.34. The lowest BCUT2D eigenvalue weighted by Crippen LogP contribution is -2.26. The number of fused-ring (bicyclic) bond motifs is 1. The standard InChI is InChI=1S/C29H25ClN4O/c1-20(35)32-28-23(21-11-4-3-5-12-21)14-10-18-27(28)34-26-17-9-8-16-25(26)33(29(34)31-2)19-22-13-6-7-15-24(22)30/h3-18H,19H2,1-2H3,(H,32,35). The molecule has 5 aromatic rings. The fraction of sp³-hybridized carbons (Fsp3) is 0.103. The normalized spacial score (nSPS) is 11.7. The van der Waals surface area contributed by atoms with Crippen LogP contribution >= 0.6 is 11.6 Å². The van der Waals surface area contributed by atoms with Crippen molar-refractivity contribution in [3.63, 3.8) is 0 Å². The molecule has 0 saturated heterocycles. The zero-order valence-electron chi connectivity index (χ0n) is 19.6. The predicted octanol–water partition coefficient (Wildman–Crippen LogP) is 6.29. The first-order valence-corrected chi connectivity index (χ1v) is 11.8. The summed E-state index contributed by atoms with van der Waals surface area (Å²) in [4.78, 5) is 17.0. The Morgan fingerprint density at radius 3 is 2.26 bits per heavy atom. The highest BCUT2D eigenvalue weighted by atomic mass is 35.5. The molecule has 0 unspecified atom stereocenters. The highest BCUT2D eigenvalue weighted by Gasteiger charge is 2.19. The number of nitrogens with one attached hydrogen (secondary N) is 1. The molecule has 35 heavy (non-hydrogen) atoms. The summed E-state index contributed by atoms with van der Waals surface area (Å²) in [5.41, 5.74) is 7.31. The molecule has 174 valence electrons. The van der Waals surface area contributed by atoms with Gasteiger partial charge in [0.25, 0.3) is 0 Å². The van der Waals surface area contributed by atoms with Crippen molar-refractivity contribution in [3.8, 4) is 16.8 Å². The maximum Gasteiger partial charge on any atom is 0.221 e. The van der Waals surface area contributed by atoms with Gasteiger partial charge in [-0.15, -0.1) is 0 Å². The zero-order chi connectivity index (χ0) is 24.4. The second kappa shape index (κ2) is 9.65. The average molecular weight is 481 g/mol. The second-order valence-corrected chi connectivity index (χ2v) is 8.68. The van der Waals surface area contributed by atoms with Crippen molar-refractivity contribution in [1.29, 1.82) is 0 Å². The molecule has 5 nitrogen and oxygen atoms in total. The van der Waals surface area contributed by atoms with Gasteiger partial charge in [-0.05, 0) is 35.4 Å². The van der Waals surface area contributed by atoms with Gasteiger partial charge >= 0.3 is 0 Å². The quantitative estimate of drug-likeness (QED) is 0.316. The minimum atomic E-state index is -0.134. The molecular weight excluding hydrogens is 456 g/mol.